The van der Waals surface area contributed by atoms with E-state index in [-0.39, 0.29) is 11.5 Å². The van der Waals surface area contributed by atoms with Crippen molar-refractivity contribution >= 4 is 34.2 Å². The van der Waals surface area contributed by atoms with Crippen molar-refractivity contribution in [3.63, 3.8) is 0 Å². The van der Waals surface area contributed by atoms with Gasteiger partial charge in [0, 0.05) is 6.42 Å². The van der Waals surface area contributed by atoms with Crippen LogP contribution in [-0.4, -0.2) is 25.0 Å². The quantitative estimate of drug-likeness (QED) is 0.882. The summed E-state index contributed by atoms with van der Waals surface area (Å²) in [5, 5.41) is 6.83. The molecular weight excluding hydrogens is 316 g/mol. The Bertz CT molecular complexity index is 697. The molecule has 2 rings (SSSR count). The van der Waals surface area contributed by atoms with Gasteiger partial charge >= 0.3 is 6.09 Å². The van der Waals surface area contributed by atoms with Crippen LogP contribution in [0.15, 0.2) is 41.8 Å². The summed E-state index contributed by atoms with van der Waals surface area (Å²) in [6.07, 6.45) is 0.0735. The van der Waals surface area contributed by atoms with E-state index in [1.807, 2.05) is 30.3 Å². The van der Waals surface area contributed by atoms with Crippen LogP contribution >= 0.6 is 11.3 Å². The van der Waals surface area contributed by atoms with Crippen molar-refractivity contribution < 1.29 is 19.1 Å². The highest BCUT2D eigenvalue weighted by Gasteiger charge is 2.17. The minimum absolute atomic E-state index is 0.191. The van der Waals surface area contributed by atoms with Crippen molar-refractivity contribution in [2.75, 3.05) is 12.4 Å². The summed E-state index contributed by atoms with van der Waals surface area (Å²) in [5.41, 5.74) is 1.30. The fourth-order valence-electron chi connectivity index (χ4n) is 1.89. The van der Waals surface area contributed by atoms with E-state index in [4.69, 9.17) is 0 Å². The summed E-state index contributed by atoms with van der Waals surface area (Å²) in [5.74, 6) is -0.806. The Morgan fingerprint density at radius 3 is 2.57 bits per heavy atom. The predicted octanol–water partition coefficient (Wildman–Crippen LogP) is 2.82. The molecule has 1 aromatic heterocycles. The Morgan fingerprint density at radius 2 is 1.87 bits per heavy atom. The molecular formula is C16H16N2O4S. The number of benzene rings is 1. The first-order valence-electron chi connectivity index (χ1n) is 6.90. The standard InChI is InChI=1S/C16H16N2O4S/c1-22-16(21)18-14(20)12-9-10-23-15(12)17-13(19)8-7-11-5-3-2-4-6-11/h2-6,9-10H,7-8H2,1H3,(H,17,19)(H,18,20,21). The Hall–Kier alpha value is -2.67. The highest BCUT2D eigenvalue weighted by Crippen LogP contribution is 2.23. The van der Waals surface area contributed by atoms with Gasteiger partial charge in [-0.1, -0.05) is 30.3 Å². The second kappa shape index (κ2) is 8.09. The van der Waals surface area contributed by atoms with Gasteiger partial charge in [-0.3, -0.25) is 14.9 Å². The van der Waals surface area contributed by atoms with E-state index in [2.05, 4.69) is 15.4 Å². The van der Waals surface area contributed by atoms with Crippen molar-refractivity contribution in [1.82, 2.24) is 5.32 Å². The molecule has 0 fully saturated rings. The van der Waals surface area contributed by atoms with Crippen LogP contribution in [0.4, 0.5) is 9.80 Å². The molecule has 6 nitrogen and oxygen atoms in total. The second-order valence-corrected chi connectivity index (χ2v) is 5.56. The van der Waals surface area contributed by atoms with Crippen molar-refractivity contribution in [2.45, 2.75) is 12.8 Å². The molecule has 120 valence electrons. The van der Waals surface area contributed by atoms with E-state index in [1.165, 1.54) is 24.5 Å². The topological polar surface area (TPSA) is 84.5 Å². The zero-order valence-corrected chi connectivity index (χ0v) is 13.3. The van der Waals surface area contributed by atoms with Crippen molar-refractivity contribution in [1.29, 1.82) is 0 Å². The van der Waals surface area contributed by atoms with Crippen LogP contribution < -0.4 is 10.6 Å². The summed E-state index contributed by atoms with van der Waals surface area (Å²) >= 11 is 1.22. The number of imide groups is 1. The van der Waals surface area contributed by atoms with Crippen LogP contribution in [0.2, 0.25) is 0 Å². The third kappa shape index (κ3) is 4.93. The number of ether oxygens (including phenoxy) is 1. The largest absolute Gasteiger partial charge is 0.453 e. The van der Waals surface area contributed by atoms with Gasteiger partial charge in [-0.25, -0.2) is 4.79 Å². The zero-order chi connectivity index (χ0) is 16.7. The molecule has 0 aliphatic carbocycles. The normalized spacial score (nSPS) is 9.96. The van der Waals surface area contributed by atoms with E-state index in [9.17, 15) is 14.4 Å². The maximum absolute atomic E-state index is 12.0. The monoisotopic (exact) mass is 332 g/mol. The average Bonchev–Trinajstić information content (AvgIpc) is 3.02. The Kier molecular flexibility index (Phi) is 5.87. The smallest absolute Gasteiger partial charge is 0.413 e. The first-order chi connectivity index (χ1) is 11.1. The molecule has 0 unspecified atom stereocenters. The molecule has 2 N–H and O–H groups in total. The first-order valence-corrected chi connectivity index (χ1v) is 7.78. The average molecular weight is 332 g/mol. The molecule has 0 saturated carbocycles. The lowest BCUT2D eigenvalue weighted by Gasteiger charge is -2.06. The van der Waals surface area contributed by atoms with Crippen molar-refractivity contribution in [3.05, 3.63) is 52.9 Å². The van der Waals surface area contributed by atoms with E-state index < -0.39 is 12.0 Å². The number of hydrogen-bond acceptors (Lipinski definition) is 5. The molecule has 0 bridgehead atoms. The summed E-state index contributed by atoms with van der Waals surface area (Å²) in [7, 11) is 1.17. The number of hydrogen-bond donors (Lipinski definition) is 2. The number of anilines is 1. The lowest BCUT2D eigenvalue weighted by atomic mass is 10.1. The second-order valence-electron chi connectivity index (χ2n) is 4.64. The van der Waals surface area contributed by atoms with Gasteiger partial charge in [0.25, 0.3) is 5.91 Å². The maximum Gasteiger partial charge on any atom is 0.413 e. The molecule has 3 amide bonds. The van der Waals surface area contributed by atoms with Crippen LogP contribution in [0, 0.1) is 0 Å². The van der Waals surface area contributed by atoms with Crippen LogP contribution in [-0.2, 0) is 16.0 Å². The third-order valence-corrected chi connectivity index (χ3v) is 3.88. The highest BCUT2D eigenvalue weighted by molar-refractivity contribution is 7.14. The SMILES string of the molecule is COC(=O)NC(=O)c1ccsc1NC(=O)CCc1ccccc1. The van der Waals surface area contributed by atoms with Crippen LogP contribution in [0.25, 0.3) is 0 Å². The maximum atomic E-state index is 12.0. The Morgan fingerprint density at radius 1 is 1.13 bits per heavy atom. The van der Waals surface area contributed by atoms with Gasteiger partial charge in [-0.2, -0.15) is 0 Å². The van der Waals surface area contributed by atoms with Gasteiger partial charge in [0.15, 0.2) is 0 Å². The number of thiophene rings is 1. The molecule has 0 aliphatic heterocycles. The van der Waals surface area contributed by atoms with E-state index in [0.717, 1.165) is 5.56 Å². The number of carbonyl (C=O) groups is 3. The molecule has 7 heteroatoms. The summed E-state index contributed by atoms with van der Waals surface area (Å²) in [6.45, 7) is 0. The van der Waals surface area contributed by atoms with E-state index >= 15 is 0 Å². The van der Waals surface area contributed by atoms with Gasteiger partial charge in [-0.05, 0) is 23.4 Å². The molecule has 0 spiro atoms. The fraction of sp³-hybridized carbons (Fsp3) is 0.188. The van der Waals surface area contributed by atoms with Crippen LogP contribution in [0.1, 0.15) is 22.3 Å². The summed E-state index contributed by atoms with van der Waals surface area (Å²) < 4.78 is 4.37. The number of aryl methyl sites for hydroxylation is 1. The molecule has 2 aromatic rings. The fourth-order valence-corrected chi connectivity index (χ4v) is 2.69. The highest BCUT2D eigenvalue weighted by atomic mass is 32.1. The van der Waals surface area contributed by atoms with Gasteiger partial charge in [0.05, 0.1) is 12.7 Å². The van der Waals surface area contributed by atoms with E-state index in [1.54, 1.807) is 5.38 Å². The number of alkyl carbamates (subject to hydrolysis) is 1. The minimum atomic E-state index is -0.845. The van der Waals surface area contributed by atoms with Gasteiger partial charge in [0.1, 0.15) is 5.00 Å². The number of nitrogens with one attached hydrogen (secondary N) is 2. The van der Waals surface area contributed by atoms with Gasteiger partial charge in [0.2, 0.25) is 5.91 Å². The van der Waals surface area contributed by atoms with Crippen LogP contribution in [0.5, 0.6) is 0 Å². The Labute approximate surface area is 137 Å². The van der Waals surface area contributed by atoms with Gasteiger partial charge in [-0.15, -0.1) is 11.3 Å². The number of methoxy groups -OCH3 is 1. The number of carbonyl (C=O) groups excluding carboxylic acids is 3. The van der Waals surface area contributed by atoms with Gasteiger partial charge < -0.3 is 10.1 Å². The lowest BCUT2D eigenvalue weighted by Crippen LogP contribution is -2.30. The number of amides is 3. The third-order valence-electron chi connectivity index (χ3n) is 3.05. The molecule has 1 heterocycles. The molecule has 0 radical (unpaired) electrons. The summed E-state index contributed by atoms with van der Waals surface area (Å²) in [6, 6.07) is 11.2. The first kappa shape index (κ1) is 16.7. The summed E-state index contributed by atoms with van der Waals surface area (Å²) in [4.78, 5) is 35.0. The lowest BCUT2D eigenvalue weighted by molar-refractivity contribution is -0.116. The molecule has 0 aliphatic rings. The Balaban J connectivity index is 1.93. The molecule has 23 heavy (non-hydrogen) atoms. The van der Waals surface area contributed by atoms with Crippen LogP contribution in [0.3, 0.4) is 0 Å². The minimum Gasteiger partial charge on any atom is -0.453 e. The molecule has 0 atom stereocenters. The predicted molar refractivity (Wildman–Crippen MR) is 87.6 cm³/mol. The number of rotatable bonds is 5. The van der Waals surface area contributed by atoms with Crippen molar-refractivity contribution in [2.24, 2.45) is 0 Å². The zero-order valence-electron chi connectivity index (χ0n) is 12.5. The molecule has 1 aromatic carbocycles. The van der Waals surface area contributed by atoms with E-state index in [0.29, 0.717) is 17.8 Å². The molecule has 0 saturated heterocycles. The van der Waals surface area contributed by atoms with Crippen molar-refractivity contribution in [3.8, 4) is 0 Å².